The van der Waals surface area contributed by atoms with Crippen LogP contribution in [-0.2, 0) is 14.9 Å². The van der Waals surface area contributed by atoms with Crippen LogP contribution in [-0.4, -0.2) is 53.5 Å². The summed E-state index contributed by atoms with van der Waals surface area (Å²) in [5.74, 6) is -1.70. The molecule has 0 aliphatic carbocycles. The second-order valence-corrected chi connectivity index (χ2v) is 8.29. The van der Waals surface area contributed by atoms with Crippen LogP contribution in [0.4, 0.5) is 32.0 Å². The van der Waals surface area contributed by atoms with Crippen LogP contribution >= 0.6 is 11.6 Å². The highest BCUT2D eigenvalue weighted by molar-refractivity contribution is 7.86. The normalized spacial score (nSPS) is 13.2. The molecule has 9 nitrogen and oxygen atoms in total. The molecule has 0 bridgehead atoms. The summed E-state index contributed by atoms with van der Waals surface area (Å²) >= 11 is 5.70. The quantitative estimate of drug-likeness (QED) is 0.189. The molecule has 0 heterocycles. The molecule has 0 amide bonds. The van der Waals surface area contributed by atoms with Crippen LogP contribution in [0.25, 0.3) is 10.8 Å². The number of aliphatic hydroxyl groups is 1. The Morgan fingerprint density at radius 3 is 2.06 bits per heavy atom. The van der Waals surface area contributed by atoms with Gasteiger partial charge in [0, 0.05) is 22.9 Å². The number of benzene rings is 2. The van der Waals surface area contributed by atoms with Crippen molar-refractivity contribution in [3.8, 4) is 0 Å². The number of hydrogen-bond donors (Lipinski definition) is 2. The number of nitrogens with zero attached hydrogens (tertiary/aromatic N) is 1. The molecule has 2 aromatic rings. The zero-order valence-corrected chi connectivity index (χ0v) is 17.1. The van der Waals surface area contributed by atoms with E-state index in [0.29, 0.717) is 12.1 Å². The van der Waals surface area contributed by atoms with Gasteiger partial charge in [-0.2, -0.15) is 34.8 Å². The van der Waals surface area contributed by atoms with Crippen LogP contribution in [0, 0.1) is 10.1 Å². The Bertz CT molecular complexity index is 1210. The first-order valence-corrected chi connectivity index (χ1v) is 10.0. The summed E-state index contributed by atoms with van der Waals surface area (Å²) in [6.07, 6.45) is -14.5. The van der Waals surface area contributed by atoms with E-state index >= 15 is 0 Å². The first kappa shape index (κ1) is 26.6. The van der Waals surface area contributed by atoms with Crippen molar-refractivity contribution in [2.24, 2.45) is 0 Å². The van der Waals surface area contributed by atoms with Crippen LogP contribution in [0.2, 0.25) is 5.02 Å². The Labute approximate surface area is 184 Å². The monoisotopic (exact) mass is 525 g/mol. The number of fused-ring (bicyclic) bond motifs is 1. The van der Waals surface area contributed by atoms with Crippen molar-refractivity contribution in [2.75, 3.05) is 6.61 Å². The predicted octanol–water partition coefficient (Wildman–Crippen LogP) is 4.05. The predicted molar refractivity (Wildman–Crippen MR) is 97.4 cm³/mol. The highest BCUT2D eigenvalue weighted by Crippen LogP contribution is 2.45. The number of nitro groups is 1. The largest absolute Gasteiger partial charge is 0.462 e. The lowest BCUT2D eigenvalue weighted by Gasteiger charge is -2.31. The second kappa shape index (κ2) is 8.58. The summed E-state index contributed by atoms with van der Waals surface area (Å²) in [5.41, 5.74) is -6.91. The standard InChI is InChI=1S/C16H10ClF6NO8S/c17-8-5-10-9(11(6-8)24(27)28)3-7(4-12(10)33(29,30)31)13(25)32-2-1-14(26,15(18,19)20)16(21,22)23/h3-6,26H,1-2H2,(H,29,30,31). The van der Waals surface area contributed by atoms with Gasteiger partial charge in [-0.3, -0.25) is 14.7 Å². The Hall–Kier alpha value is -2.69. The first-order chi connectivity index (χ1) is 14.8. The number of halogens is 7. The molecular formula is C16H10ClF6NO8S. The minimum atomic E-state index is -6.17. The molecular weight excluding hydrogens is 516 g/mol. The van der Waals surface area contributed by atoms with E-state index in [1.54, 1.807) is 0 Å². The lowest BCUT2D eigenvalue weighted by molar-refractivity contribution is -0.383. The maximum absolute atomic E-state index is 12.7. The van der Waals surface area contributed by atoms with Crippen molar-refractivity contribution >= 4 is 44.1 Å². The van der Waals surface area contributed by atoms with Crippen molar-refractivity contribution in [1.82, 2.24) is 0 Å². The fraction of sp³-hybridized carbons (Fsp3) is 0.312. The van der Waals surface area contributed by atoms with E-state index in [1.165, 1.54) is 0 Å². The SMILES string of the molecule is O=C(OCCC(O)(C(F)(F)F)C(F)(F)F)c1cc(S(=O)(=O)O)c2cc(Cl)cc([N+](=O)[O-])c2c1. The molecule has 2 N–H and O–H groups in total. The summed E-state index contributed by atoms with van der Waals surface area (Å²) in [6, 6.07) is 2.76. The van der Waals surface area contributed by atoms with Gasteiger partial charge < -0.3 is 9.84 Å². The van der Waals surface area contributed by atoms with E-state index in [4.69, 9.17) is 16.7 Å². The van der Waals surface area contributed by atoms with Crippen molar-refractivity contribution in [1.29, 1.82) is 0 Å². The van der Waals surface area contributed by atoms with Crippen LogP contribution in [0.15, 0.2) is 29.2 Å². The van der Waals surface area contributed by atoms with Crippen molar-refractivity contribution in [3.63, 3.8) is 0 Å². The second-order valence-electron chi connectivity index (χ2n) is 6.47. The first-order valence-electron chi connectivity index (χ1n) is 8.22. The van der Waals surface area contributed by atoms with Crippen molar-refractivity contribution in [2.45, 2.75) is 29.3 Å². The molecule has 0 atom stereocenters. The molecule has 17 heteroatoms. The fourth-order valence-electron chi connectivity index (χ4n) is 2.68. The van der Waals surface area contributed by atoms with E-state index in [2.05, 4.69) is 4.74 Å². The van der Waals surface area contributed by atoms with E-state index in [9.17, 15) is 54.2 Å². The van der Waals surface area contributed by atoms with Gasteiger partial charge in [0.15, 0.2) is 0 Å². The highest BCUT2D eigenvalue weighted by atomic mass is 35.5. The fourth-order valence-corrected chi connectivity index (χ4v) is 3.61. The van der Waals surface area contributed by atoms with Gasteiger partial charge in [-0.1, -0.05) is 11.6 Å². The third-order valence-corrected chi connectivity index (χ3v) is 5.43. The minimum absolute atomic E-state index is 0.326. The third-order valence-electron chi connectivity index (χ3n) is 4.32. The van der Waals surface area contributed by atoms with Crippen LogP contribution in [0.1, 0.15) is 16.8 Å². The maximum atomic E-state index is 12.7. The molecule has 2 aromatic carbocycles. The average molecular weight is 526 g/mol. The van der Waals surface area contributed by atoms with Crippen LogP contribution < -0.4 is 0 Å². The maximum Gasteiger partial charge on any atom is 0.426 e. The molecule has 0 unspecified atom stereocenters. The Morgan fingerprint density at radius 1 is 1.06 bits per heavy atom. The van der Waals surface area contributed by atoms with Crippen molar-refractivity contribution < 1.29 is 58.9 Å². The highest BCUT2D eigenvalue weighted by Gasteiger charge is 2.70. The van der Waals surface area contributed by atoms with Gasteiger partial charge in [0.25, 0.3) is 21.4 Å². The van der Waals surface area contributed by atoms with E-state index in [0.717, 1.165) is 12.1 Å². The van der Waals surface area contributed by atoms with Gasteiger partial charge in [-0.25, -0.2) is 4.79 Å². The number of carbonyl (C=O) groups excluding carboxylic acids is 1. The van der Waals surface area contributed by atoms with Gasteiger partial charge in [-0.15, -0.1) is 0 Å². The molecule has 0 aliphatic rings. The average Bonchev–Trinajstić information content (AvgIpc) is 2.63. The molecule has 0 aromatic heterocycles. The summed E-state index contributed by atoms with van der Waals surface area (Å²) in [4.78, 5) is 21.3. The van der Waals surface area contributed by atoms with Crippen LogP contribution in [0.5, 0.6) is 0 Å². The van der Waals surface area contributed by atoms with E-state index in [-0.39, 0.29) is 5.02 Å². The van der Waals surface area contributed by atoms with Gasteiger partial charge in [0.2, 0.25) is 0 Å². The summed E-state index contributed by atoms with van der Waals surface area (Å²) in [7, 11) is -5.15. The number of hydrogen-bond acceptors (Lipinski definition) is 7. The molecule has 0 radical (unpaired) electrons. The lowest BCUT2D eigenvalue weighted by atomic mass is 9.99. The number of ether oxygens (including phenoxy) is 1. The number of carbonyl (C=O) groups is 1. The summed E-state index contributed by atoms with van der Waals surface area (Å²) in [5, 5.41) is 18.9. The minimum Gasteiger partial charge on any atom is -0.462 e. The lowest BCUT2D eigenvalue weighted by Crippen LogP contribution is -2.57. The Balaban J connectivity index is 2.49. The Kier molecular flexibility index (Phi) is 6.91. The molecule has 33 heavy (non-hydrogen) atoms. The molecule has 0 aliphatic heterocycles. The summed E-state index contributed by atoms with van der Waals surface area (Å²) in [6.45, 7) is -1.63. The van der Waals surface area contributed by atoms with Gasteiger partial charge in [0.1, 0.15) is 4.90 Å². The van der Waals surface area contributed by atoms with Crippen LogP contribution in [0.3, 0.4) is 0 Å². The number of rotatable bonds is 6. The molecule has 182 valence electrons. The van der Waals surface area contributed by atoms with E-state index in [1.807, 2.05) is 0 Å². The number of nitro benzene ring substituents is 1. The third kappa shape index (κ3) is 5.29. The zero-order chi connectivity index (χ0) is 25.6. The zero-order valence-electron chi connectivity index (χ0n) is 15.6. The molecule has 0 saturated heterocycles. The molecule has 2 rings (SSSR count). The summed E-state index contributed by atoms with van der Waals surface area (Å²) < 4.78 is 113. The number of alkyl halides is 6. The van der Waals surface area contributed by atoms with Gasteiger partial charge in [-0.05, 0) is 18.2 Å². The van der Waals surface area contributed by atoms with Gasteiger partial charge in [0.05, 0.1) is 22.5 Å². The van der Waals surface area contributed by atoms with Crippen molar-refractivity contribution in [3.05, 3.63) is 45.0 Å². The topological polar surface area (TPSA) is 144 Å². The van der Waals surface area contributed by atoms with E-state index < -0.39 is 78.9 Å². The Morgan fingerprint density at radius 2 is 1.61 bits per heavy atom. The van der Waals surface area contributed by atoms with Gasteiger partial charge >= 0.3 is 18.3 Å². The number of esters is 1. The molecule has 0 fully saturated rings. The smallest absolute Gasteiger partial charge is 0.426 e. The molecule has 0 spiro atoms. The molecule has 0 saturated carbocycles. The number of non-ortho nitro benzene ring substituents is 1.